The molecular formula is C17H18N4OS. The monoisotopic (exact) mass is 326 g/mol. The molecule has 6 heteroatoms. The predicted molar refractivity (Wildman–Crippen MR) is 93.4 cm³/mol. The highest BCUT2D eigenvalue weighted by atomic mass is 32.2. The Hall–Kier alpha value is -2.18. The number of carbonyl (C=O) groups is 1. The van der Waals surface area contributed by atoms with Crippen molar-refractivity contribution in [1.29, 1.82) is 0 Å². The van der Waals surface area contributed by atoms with Gasteiger partial charge in [-0.1, -0.05) is 24.3 Å². The Kier molecular flexibility index (Phi) is 3.63. The van der Waals surface area contributed by atoms with Gasteiger partial charge in [0.05, 0.1) is 11.6 Å². The fraction of sp³-hybridized carbons (Fsp3) is 0.235. The van der Waals surface area contributed by atoms with Crippen molar-refractivity contribution in [2.24, 2.45) is 0 Å². The van der Waals surface area contributed by atoms with E-state index in [1.807, 2.05) is 53.4 Å². The van der Waals surface area contributed by atoms with E-state index in [2.05, 4.69) is 10.6 Å². The molecular weight excluding hydrogens is 308 g/mol. The molecule has 0 aromatic heterocycles. The van der Waals surface area contributed by atoms with E-state index in [0.717, 1.165) is 34.1 Å². The van der Waals surface area contributed by atoms with Crippen LogP contribution in [0.3, 0.4) is 0 Å². The van der Waals surface area contributed by atoms with Crippen molar-refractivity contribution >= 4 is 29.0 Å². The molecule has 4 rings (SSSR count). The van der Waals surface area contributed by atoms with Gasteiger partial charge in [-0.05, 0) is 24.3 Å². The zero-order chi connectivity index (χ0) is 15.8. The number of anilines is 2. The summed E-state index contributed by atoms with van der Waals surface area (Å²) in [5.74, 6) is 0.897. The second-order valence-corrected chi connectivity index (χ2v) is 6.78. The van der Waals surface area contributed by atoms with Crippen molar-refractivity contribution < 1.29 is 4.79 Å². The van der Waals surface area contributed by atoms with Crippen LogP contribution in [0.15, 0.2) is 53.4 Å². The van der Waals surface area contributed by atoms with Crippen molar-refractivity contribution in [1.82, 2.24) is 10.2 Å². The molecule has 2 heterocycles. The maximum absolute atomic E-state index is 12.8. The summed E-state index contributed by atoms with van der Waals surface area (Å²) in [5, 5.41) is 6.77. The number of para-hydroxylation sites is 2. The molecule has 0 bridgehead atoms. The number of amides is 1. The second kappa shape index (κ2) is 5.79. The van der Waals surface area contributed by atoms with Crippen LogP contribution in [0.5, 0.6) is 0 Å². The lowest BCUT2D eigenvalue weighted by molar-refractivity contribution is 0.0684. The van der Waals surface area contributed by atoms with E-state index < -0.39 is 0 Å². The first-order valence-electron chi connectivity index (χ1n) is 7.63. The number of hydrogen-bond donors (Lipinski definition) is 3. The summed E-state index contributed by atoms with van der Waals surface area (Å²) < 4.78 is 0. The highest BCUT2D eigenvalue weighted by molar-refractivity contribution is 7.99. The summed E-state index contributed by atoms with van der Waals surface area (Å²) in [6.45, 7) is 0.775. The number of fused-ring (bicyclic) bond motifs is 2. The van der Waals surface area contributed by atoms with Gasteiger partial charge in [0.2, 0.25) is 0 Å². The lowest BCUT2D eigenvalue weighted by Crippen LogP contribution is -2.51. The number of rotatable bonds is 3. The summed E-state index contributed by atoms with van der Waals surface area (Å²) >= 11 is 1.70. The third-order valence-corrected chi connectivity index (χ3v) is 5.49. The quantitative estimate of drug-likeness (QED) is 0.596. The third kappa shape index (κ3) is 2.54. The van der Waals surface area contributed by atoms with Gasteiger partial charge in [-0.15, -0.1) is 11.8 Å². The Morgan fingerprint density at radius 3 is 2.83 bits per heavy atom. The van der Waals surface area contributed by atoms with Crippen LogP contribution in [0.4, 0.5) is 11.4 Å². The summed E-state index contributed by atoms with van der Waals surface area (Å²) in [6, 6.07) is 15.6. The predicted octanol–water partition coefficient (Wildman–Crippen LogP) is 2.18. The SMILES string of the molecule is Nc1ccccc1SC[C@@H]1CN[C@H]2Nc3ccccc3C(=O)N12. The fourth-order valence-corrected chi connectivity index (χ4v) is 4.14. The number of nitrogen functional groups attached to an aromatic ring is 1. The fourth-order valence-electron chi connectivity index (χ4n) is 3.08. The summed E-state index contributed by atoms with van der Waals surface area (Å²) in [7, 11) is 0. The van der Waals surface area contributed by atoms with E-state index in [-0.39, 0.29) is 18.2 Å². The van der Waals surface area contributed by atoms with Gasteiger partial charge in [-0.2, -0.15) is 0 Å². The average Bonchev–Trinajstić information content (AvgIpc) is 2.98. The minimum absolute atomic E-state index is 0.0842. The zero-order valence-electron chi connectivity index (χ0n) is 12.5. The number of benzene rings is 2. The van der Waals surface area contributed by atoms with Gasteiger partial charge in [0.1, 0.15) is 0 Å². The molecule has 2 aliphatic heterocycles. The van der Waals surface area contributed by atoms with Gasteiger partial charge in [-0.3, -0.25) is 10.1 Å². The van der Waals surface area contributed by atoms with Gasteiger partial charge in [0, 0.05) is 28.6 Å². The van der Waals surface area contributed by atoms with Crippen molar-refractivity contribution in [3.05, 3.63) is 54.1 Å². The molecule has 0 unspecified atom stereocenters. The molecule has 2 aromatic carbocycles. The Labute approximate surface area is 139 Å². The van der Waals surface area contributed by atoms with Crippen LogP contribution in [0.2, 0.25) is 0 Å². The van der Waals surface area contributed by atoms with Crippen LogP contribution < -0.4 is 16.4 Å². The molecule has 4 N–H and O–H groups in total. The van der Waals surface area contributed by atoms with E-state index in [1.54, 1.807) is 11.8 Å². The van der Waals surface area contributed by atoms with Crippen LogP contribution >= 0.6 is 11.8 Å². The Balaban J connectivity index is 1.52. The molecule has 0 spiro atoms. The summed E-state index contributed by atoms with van der Waals surface area (Å²) in [6.07, 6.45) is -0.129. The minimum atomic E-state index is -0.129. The number of nitrogens with zero attached hydrogens (tertiary/aromatic N) is 1. The van der Waals surface area contributed by atoms with Crippen LogP contribution in [0.1, 0.15) is 10.4 Å². The topological polar surface area (TPSA) is 70.4 Å². The van der Waals surface area contributed by atoms with Crippen LogP contribution in [0.25, 0.3) is 0 Å². The van der Waals surface area contributed by atoms with Crippen LogP contribution in [-0.4, -0.2) is 35.4 Å². The summed E-state index contributed by atoms with van der Waals surface area (Å²) in [4.78, 5) is 15.8. The van der Waals surface area contributed by atoms with E-state index in [4.69, 9.17) is 5.73 Å². The third-order valence-electron chi connectivity index (χ3n) is 4.25. The minimum Gasteiger partial charge on any atom is -0.398 e. The van der Waals surface area contributed by atoms with Crippen molar-refractivity contribution in [3.63, 3.8) is 0 Å². The number of nitrogens with two attached hydrogens (primary N) is 1. The Morgan fingerprint density at radius 1 is 1.17 bits per heavy atom. The maximum Gasteiger partial charge on any atom is 0.258 e. The smallest absolute Gasteiger partial charge is 0.258 e. The van der Waals surface area contributed by atoms with Gasteiger partial charge < -0.3 is 16.0 Å². The molecule has 0 radical (unpaired) electrons. The van der Waals surface area contributed by atoms with E-state index >= 15 is 0 Å². The van der Waals surface area contributed by atoms with Crippen molar-refractivity contribution in [2.45, 2.75) is 17.2 Å². The molecule has 1 saturated heterocycles. The average molecular weight is 326 g/mol. The normalized spacial score (nSPS) is 22.4. The number of thioether (sulfide) groups is 1. The molecule has 0 saturated carbocycles. The standard InChI is InChI=1S/C17H18N4OS/c18-13-6-2-4-8-15(13)23-10-11-9-19-17-20-14-7-3-1-5-12(14)16(22)21(11)17/h1-8,11,17,19-20H,9-10,18H2/t11-,17-/m0/s1. The first-order valence-corrected chi connectivity index (χ1v) is 8.61. The lowest BCUT2D eigenvalue weighted by Gasteiger charge is -2.35. The second-order valence-electron chi connectivity index (χ2n) is 5.72. The molecule has 23 heavy (non-hydrogen) atoms. The van der Waals surface area contributed by atoms with E-state index in [0.29, 0.717) is 0 Å². The van der Waals surface area contributed by atoms with Gasteiger partial charge in [0.25, 0.3) is 5.91 Å². The van der Waals surface area contributed by atoms with Gasteiger partial charge >= 0.3 is 0 Å². The lowest BCUT2D eigenvalue weighted by atomic mass is 10.1. The Morgan fingerprint density at radius 2 is 1.96 bits per heavy atom. The highest BCUT2D eigenvalue weighted by Crippen LogP contribution is 2.31. The van der Waals surface area contributed by atoms with E-state index in [9.17, 15) is 4.79 Å². The van der Waals surface area contributed by atoms with Gasteiger partial charge in [-0.25, -0.2) is 0 Å². The molecule has 2 aliphatic rings. The Bertz CT molecular complexity index is 751. The number of hydrogen-bond acceptors (Lipinski definition) is 5. The molecule has 1 amide bonds. The molecule has 5 nitrogen and oxygen atoms in total. The van der Waals surface area contributed by atoms with E-state index in [1.165, 1.54) is 0 Å². The van der Waals surface area contributed by atoms with Crippen LogP contribution in [-0.2, 0) is 0 Å². The van der Waals surface area contributed by atoms with Crippen LogP contribution in [0, 0.1) is 0 Å². The maximum atomic E-state index is 12.8. The molecule has 118 valence electrons. The molecule has 2 atom stereocenters. The van der Waals surface area contributed by atoms with Crippen molar-refractivity contribution in [2.75, 3.05) is 23.3 Å². The first-order chi connectivity index (χ1) is 11.2. The summed E-state index contributed by atoms with van der Waals surface area (Å²) in [5.41, 5.74) is 8.42. The number of carbonyl (C=O) groups excluding carboxylic acids is 1. The molecule has 2 aromatic rings. The van der Waals surface area contributed by atoms with Gasteiger partial charge in [0.15, 0.2) is 6.29 Å². The molecule has 1 fully saturated rings. The number of nitrogens with one attached hydrogen (secondary N) is 2. The molecule has 0 aliphatic carbocycles. The zero-order valence-corrected chi connectivity index (χ0v) is 13.3. The largest absolute Gasteiger partial charge is 0.398 e. The first kappa shape index (κ1) is 14.4. The highest BCUT2D eigenvalue weighted by Gasteiger charge is 2.40. The van der Waals surface area contributed by atoms with Crippen molar-refractivity contribution in [3.8, 4) is 0 Å².